The van der Waals surface area contributed by atoms with Crippen LogP contribution in [-0.2, 0) is 10.4 Å². The summed E-state index contributed by atoms with van der Waals surface area (Å²) >= 11 is 0. The molecule has 0 spiro atoms. The molecule has 1 saturated heterocycles. The molecule has 0 bridgehead atoms. The molecule has 2 N–H and O–H groups in total. The molecule has 0 atom stereocenters. The van der Waals surface area contributed by atoms with Gasteiger partial charge >= 0.3 is 10.4 Å². The van der Waals surface area contributed by atoms with Crippen LogP contribution in [-0.4, -0.2) is 61.8 Å². The van der Waals surface area contributed by atoms with Gasteiger partial charge in [-0.05, 0) is 31.3 Å². The van der Waals surface area contributed by atoms with Crippen molar-refractivity contribution >= 4 is 33.3 Å². The van der Waals surface area contributed by atoms with Gasteiger partial charge in [0.2, 0.25) is 0 Å². The highest BCUT2D eigenvalue weighted by Crippen LogP contribution is 2.37. The fraction of sp³-hybridized carbons (Fsp3) is 0.278. The topological polar surface area (TPSA) is 94.5 Å². The van der Waals surface area contributed by atoms with Gasteiger partial charge in [-0.2, -0.15) is 8.42 Å². The van der Waals surface area contributed by atoms with Crippen molar-refractivity contribution in [2.75, 3.05) is 38.5 Å². The van der Waals surface area contributed by atoms with Crippen molar-refractivity contribution in [1.29, 1.82) is 0 Å². The standard InChI is InChI=1S/C18H20N4O4S/c1-21-8-10-22(11-9-21)18-14-4-2-3-5-15(14)19-16-7-6-13(12-17(16)20-18)26-27(23,24)25/h2-7,12,19H,8-11H2,1H3,(H,23,24,25). The maximum atomic E-state index is 11.0. The summed E-state index contributed by atoms with van der Waals surface area (Å²) < 4.78 is 35.6. The van der Waals surface area contributed by atoms with Crippen LogP contribution in [0, 0.1) is 0 Å². The minimum atomic E-state index is -4.59. The van der Waals surface area contributed by atoms with Crippen LogP contribution in [0.3, 0.4) is 0 Å². The summed E-state index contributed by atoms with van der Waals surface area (Å²) in [5.74, 6) is 0.833. The summed E-state index contributed by atoms with van der Waals surface area (Å²) in [5.41, 5.74) is 3.18. The number of likely N-dealkylation sites (N-methyl/N-ethyl adjacent to an activating group) is 1. The van der Waals surface area contributed by atoms with Gasteiger partial charge in [0.1, 0.15) is 11.6 Å². The lowest BCUT2D eigenvalue weighted by Gasteiger charge is -2.34. The van der Waals surface area contributed by atoms with Gasteiger partial charge in [0, 0.05) is 43.5 Å². The smallest absolute Gasteiger partial charge is 0.362 e. The molecular formula is C18H20N4O4S. The van der Waals surface area contributed by atoms with Crippen LogP contribution >= 0.6 is 0 Å². The first kappa shape index (κ1) is 17.8. The zero-order chi connectivity index (χ0) is 19.0. The zero-order valence-corrected chi connectivity index (χ0v) is 15.6. The lowest BCUT2D eigenvalue weighted by molar-refractivity contribution is 0.216. The molecule has 1 fully saturated rings. The number of rotatable bonds is 2. The Morgan fingerprint density at radius 1 is 1.07 bits per heavy atom. The first-order valence-electron chi connectivity index (χ1n) is 8.59. The van der Waals surface area contributed by atoms with Gasteiger partial charge in [0.15, 0.2) is 0 Å². The average Bonchev–Trinajstić information content (AvgIpc) is 2.77. The molecule has 2 heterocycles. The third kappa shape index (κ3) is 3.90. The lowest BCUT2D eigenvalue weighted by atomic mass is 10.1. The quantitative estimate of drug-likeness (QED) is 0.762. The third-order valence-corrected chi connectivity index (χ3v) is 5.04. The second-order valence-electron chi connectivity index (χ2n) is 6.59. The second-order valence-corrected chi connectivity index (χ2v) is 7.61. The molecule has 0 saturated carbocycles. The Morgan fingerprint density at radius 3 is 2.56 bits per heavy atom. The van der Waals surface area contributed by atoms with Gasteiger partial charge in [-0.15, -0.1) is 0 Å². The number of benzene rings is 2. The molecule has 4 rings (SSSR count). The number of nitrogens with zero attached hydrogens (tertiary/aromatic N) is 3. The lowest BCUT2D eigenvalue weighted by Crippen LogP contribution is -2.47. The maximum Gasteiger partial charge on any atom is 0.446 e. The zero-order valence-electron chi connectivity index (χ0n) is 14.8. The van der Waals surface area contributed by atoms with Crippen molar-refractivity contribution in [3.05, 3.63) is 48.0 Å². The van der Waals surface area contributed by atoms with Crippen molar-refractivity contribution in [3.8, 4) is 5.75 Å². The Hall–Kier alpha value is -2.62. The Kier molecular flexibility index (Phi) is 4.50. The van der Waals surface area contributed by atoms with Crippen LogP contribution in [0.4, 0.5) is 17.1 Å². The molecule has 27 heavy (non-hydrogen) atoms. The van der Waals surface area contributed by atoms with Crippen LogP contribution in [0.5, 0.6) is 5.75 Å². The number of hydrogen-bond acceptors (Lipinski definition) is 7. The van der Waals surface area contributed by atoms with E-state index >= 15 is 0 Å². The van der Waals surface area contributed by atoms with Gasteiger partial charge in [-0.1, -0.05) is 12.1 Å². The monoisotopic (exact) mass is 388 g/mol. The molecular weight excluding hydrogens is 368 g/mol. The molecule has 8 nitrogen and oxygen atoms in total. The van der Waals surface area contributed by atoms with E-state index in [4.69, 9.17) is 9.55 Å². The molecule has 0 radical (unpaired) electrons. The molecule has 0 unspecified atom stereocenters. The Balaban J connectivity index is 1.79. The van der Waals surface area contributed by atoms with E-state index in [2.05, 4.69) is 26.3 Å². The van der Waals surface area contributed by atoms with Gasteiger partial charge in [0.05, 0.1) is 11.4 Å². The van der Waals surface area contributed by atoms with E-state index in [-0.39, 0.29) is 5.75 Å². The molecule has 0 aromatic heterocycles. The second kappa shape index (κ2) is 6.84. The van der Waals surface area contributed by atoms with Gasteiger partial charge in [-0.25, -0.2) is 4.99 Å². The first-order chi connectivity index (χ1) is 12.9. The minimum Gasteiger partial charge on any atom is -0.362 e. The van der Waals surface area contributed by atoms with E-state index in [1.807, 2.05) is 24.3 Å². The summed E-state index contributed by atoms with van der Waals surface area (Å²) in [5, 5.41) is 3.35. The molecule has 2 aliphatic heterocycles. The first-order valence-corrected chi connectivity index (χ1v) is 9.95. The van der Waals surface area contributed by atoms with Gasteiger partial charge < -0.3 is 19.3 Å². The van der Waals surface area contributed by atoms with Crippen molar-refractivity contribution in [2.45, 2.75) is 0 Å². The molecule has 142 valence electrons. The van der Waals surface area contributed by atoms with E-state index < -0.39 is 10.4 Å². The van der Waals surface area contributed by atoms with Gasteiger partial charge in [0.25, 0.3) is 0 Å². The fourth-order valence-corrected chi connectivity index (χ4v) is 3.60. The Labute approximate surface area is 158 Å². The fourth-order valence-electron chi connectivity index (χ4n) is 3.25. The average molecular weight is 388 g/mol. The predicted octanol–water partition coefficient (Wildman–Crippen LogP) is 2.25. The van der Waals surface area contributed by atoms with E-state index in [0.717, 1.165) is 49.0 Å². The van der Waals surface area contributed by atoms with Crippen LogP contribution < -0.4 is 9.50 Å². The SMILES string of the molecule is CN1CCN(C2=Nc3cc(OS(=O)(=O)O)ccc3Nc3ccccc32)CC1. The predicted molar refractivity (Wildman–Crippen MR) is 104 cm³/mol. The van der Waals surface area contributed by atoms with Crippen molar-refractivity contribution in [1.82, 2.24) is 9.80 Å². The van der Waals surface area contributed by atoms with E-state index in [0.29, 0.717) is 5.69 Å². The number of anilines is 2. The summed E-state index contributed by atoms with van der Waals surface area (Å²) in [6.07, 6.45) is 0. The summed E-state index contributed by atoms with van der Waals surface area (Å²) in [6, 6.07) is 12.6. The third-order valence-electron chi connectivity index (χ3n) is 4.64. The molecule has 2 aromatic carbocycles. The minimum absolute atomic E-state index is 0.00508. The van der Waals surface area contributed by atoms with E-state index in [1.165, 1.54) is 12.1 Å². The molecule has 0 aliphatic carbocycles. The molecule has 0 amide bonds. The number of piperazine rings is 1. The molecule has 2 aromatic rings. The van der Waals surface area contributed by atoms with E-state index in [1.54, 1.807) is 6.07 Å². The largest absolute Gasteiger partial charge is 0.446 e. The van der Waals surface area contributed by atoms with Crippen molar-refractivity contribution < 1.29 is 17.2 Å². The number of aliphatic imine (C=N–C) groups is 1. The number of amidine groups is 1. The van der Waals surface area contributed by atoms with Gasteiger partial charge in [-0.3, -0.25) is 4.55 Å². The summed E-state index contributed by atoms with van der Waals surface area (Å²) in [7, 11) is -2.50. The Morgan fingerprint density at radius 2 is 1.81 bits per heavy atom. The van der Waals surface area contributed by atoms with Crippen LogP contribution in [0.15, 0.2) is 47.5 Å². The summed E-state index contributed by atoms with van der Waals surface area (Å²) in [4.78, 5) is 9.32. The molecule has 2 aliphatic rings. The Bertz CT molecular complexity index is 998. The highest BCUT2D eigenvalue weighted by molar-refractivity contribution is 7.81. The van der Waals surface area contributed by atoms with Crippen LogP contribution in [0.25, 0.3) is 0 Å². The number of para-hydroxylation sites is 1. The highest BCUT2D eigenvalue weighted by atomic mass is 32.3. The summed E-state index contributed by atoms with van der Waals surface area (Å²) in [6.45, 7) is 3.57. The van der Waals surface area contributed by atoms with Crippen molar-refractivity contribution in [3.63, 3.8) is 0 Å². The maximum absolute atomic E-state index is 11.0. The number of hydrogen-bond donors (Lipinski definition) is 2. The number of fused-ring (bicyclic) bond motifs is 2. The van der Waals surface area contributed by atoms with Crippen LogP contribution in [0.2, 0.25) is 0 Å². The van der Waals surface area contributed by atoms with Crippen LogP contribution in [0.1, 0.15) is 5.56 Å². The van der Waals surface area contributed by atoms with E-state index in [9.17, 15) is 8.42 Å². The number of nitrogens with one attached hydrogen (secondary N) is 1. The van der Waals surface area contributed by atoms with Crippen molar-refractivity contribution in [2.24, 2.45) is 4.99 Å². The normalized spacial score (nSPS) is 17.3. The highest BCUT2D eigenvalue weighted by Gasteiger charge is 2.24. The molecule has 9 heteroatoms.